The van der Waals surface area contributed by atoms with Gasteiger partial charge in [-0.05, 0) is 17.1 Å². The zero-order valence-corrected chi connectivity index (χ0v) is 18.0. The maximum atomic E-state index is 14.9. The highest BCUT2D eigenvalue weighted by Crippen LogP contribution is 2.31. The van der Waals surface area contributed by atoms with E-state index in [9.17, 15) is 13.6 Å². The molecule has 4 unspecified atom stereocenters. The SMILES string of the molecule is NC1=C(c2ncc(Cl)c[nH+]2)CN(C(=O)c2ccc(F)cc2OC2CC3CCC([NH2+]3)C2F)C1. The summed E-state index contributed by atoms with van der Waals surface area (Å²) in [6, 6.07) is 3.90. The molecule has 2 bridgehead atoms. The third kappa shape index (κ3) is 3.91. The van der Waals surface area contributed by atoms with Gasteiger partial charge in [-0.2, -0.15) is 0 Å². The van der Waals surface area contributed by atoms with Crippen LogP contribution in [0.25, 0.3) is 5.57 Å². The van der Waals surface area contributed by atoms with E-state index >= 15 is 0 Å². The van der Waals surface area contributed by atoms with Crippen molar-refractivity contribution >= 4 is 23.1 Å². The van der Waals surface area contributed by atoms with E-state index in [1.165, 1.54) is 23.2 Å². The van der Waals surface area contributed by atoms with Gasteiger partial charge >= 0.3 is 5.82 Å². The predicted octanol–water partition coefficient (Wildman–Crippen LogP) is 1.10. The molecule has 7 nitrogen and oxygen atoms in total. The number of fused-ring (bicyclic) bond motifs is 2. The number of quaternary nitrogens is 1. The monoisotopic (exact) mass is 463 g/mol. The maximum Gasteiger partial charge on any atom is 0.327 e. The molecule has 2 aromatic rings. The van der Waals surface area contributed by atoms with E-state index in [1.807, 2.05) is 0 Å². The van der Waals surface area contributed by atoms with Crippen LogP contribution in [0.15, 0.2) is 36.3 Å². The highest BCUT2D eigenvalue weighted by molar-refractivity contribution is 6.30. The average molecular weight is 464 g/mol. The van der Waals surface area contributed by atoms with Crippen LogP contribution in [0, 0.1) is 5.82 Å². The van der Waals surface area contributed by atoms with Crippen LogP contribution in [0.2, 0.25) is 5.02 Å². The zero-order valence-electron chi connectivity index (χ0n) is 17.2. The average Bonchev–Trinajstić information content (AvgIpc) is 3.36. The number of ether oxygens (including phenoxy) is 1. The van der Waals surface area contributed by atoms with Crippen molar-refractivity contribution in [3.05, 3.63) is 58.5 Å². The van der Waals surface area contributed by atoms with E-state index in [0.717, 1.165) is 18.9 Å². The first-order chi connectivity index (χ1) is 15.4. The van der Waals surface area contributed by atoms with E-state index in [2.05, 4.69) is 15.3 Å². The summed E-state index contributed by atoms with van der Waals surface area (Å²) in [4.78, 5) is 22.0. The highest BCUT2D eigenvalue weighted by atomic mass is 35.5. The molecule has 0 spiro atoms. The molecule has 1 amide bonds. The number of H-pyrrole nitrogens is 1. The number of carbonyl (C=O) groups is 1. The van der Waals surface area contributed by atoms with E-state index in [1.54, 1.807) is 6.20 Å². The number of amides is 1. The molecule has 1 aromatic heterocycles. The minimum atomic E-state index is -1.16. The van der Waals surface area contributed by atoms with Gasteiger partial charge in [0.2, 0.25) is 0 Å². The van der Waals surface area contributed by atoms with Crippen LogP contribution in [-0.4, -0.2) is 53.2 Å². The number of aromatic nitrogens is 2. The highest BCUT2D eigenvalue weighted by Gasteiger charge is 2.47. The third-order valence-electron chi connectivity index (χ3n) is 6.48. The number of benzene rings is 1. The molecule has 3 aliphatic heterocycles. The lowest BCUT2D eigenvalue weighted by Crippen LogP contribution is -2.96. The van der Waals surface area contributed by atoms with Gasteiger partial charge in [0.25, 0.3) is 5.91 Å². The molecule has 0 saturated carbocycles. The Morgan fingerprint density at radius 3 is 2.97 bits per heavy atom. The van der Waals surface area contributed by atoms with Crippen molar-refractivity contribution in [2.24, 2.45) is 5.73 Å². The second kappa shape index (κ2) is 8.29. The Labute approximate surface area is 188 Å². The fourth-order valence-corrected chi connectivity index (χ4v) is 4.96. The largest absolute Gasteiger partial charge is 0.486 e. The van der Waals surface area contributed by atoms with Crippen LogP contribution < -0.4 is 20.8 Å². The van der Waals surface area contributed by atoms with Gasteiger partial charge in [0.15, 0.2) is 12.4 Å². The topological polar surface area (TPSA) is 99.2 Å². The third-order valence-corrected chi connectivity index (χ3v) is 6.68. The summed E-state index contributed by atoms with van der Waals surface area (Å²) in [5.41, 5.74) is 7.53. The lowest BCUT2D eigenvalue weighted by atomic mass is 10.00. The molecule has 2 fully saturated rings. The van der Waals surface area contributed by atoms with Crippen LogP contribution in [-0.2, 0) is 0 Å². The van der Waals surface area contributed by atoms with Gasteiger partial charge in [-0.25, -0.2) is 13.8 Å². The van der Waals surface area contributed by atoms with Crippen LogP contribution in [0.1, 0.15) is 35.4 Å². The molecule has 168 valence electrons. The number of nitrogens with two attached hydrogens (primary N) is 2. The number of nitrogens with one attached hydrogen (secondary N) is 1. The number of rotatable bonds is 4. The number of alkyl halides is 1. The van der Waals surface area contributed by atoms with E-state index in [-0.39, 0.29) is 36.4 Å². The molecule has 10 heteroatoms. The summed E-state index contributed by atoms with van der Waals surface area (Å²) in [6.45, 7) is 0.415. The molecule has 1 aromatic carbocycles. The standard InChI is InChI=1S/C22H22ClF2N5O2/c23-11-7-27-21(28-8-11)15-9-30(10-16(15)26)22(31)14-3-1-12(24)5-18(14)32-19-6-13-2-4-17(29-13)20(19)25/h1,3,5,7-8,13,17,19-20,29H,2,4,6,9-10,26H2/p+2. The molecular weight excluding hydrogens is 440 g/mol. The number of hydrogen-bond acceptors (Lipinski definition) is 4. The predicted molar refractivity (Wildman–Crippen MR) is 112 cm³/mol. The molecule has 4 heterocycles. The zero-order chi connectivity index (χ0) is 22.4. The second-order valence-corrected chi connectivity index (χ2v) is 9.05. The smallest absolute Gasteiger partial charge is 0.327 e. The first-order valence-electron chi connectivity index (χ1n) is 10.6. The number of halogens is 3. The van der Waals surface area contributed by atoms with Gasteiger partial charge in [-0.15, -0.1) is 0 Å². The van der Waals surface area contributed by atoms with Gasteiger partial charge in [0, 0.05) is 31.0 Å². The quantitative estimate of drug-likeness (QED) is 0.709. The van der Waals surface area contributed by atoms with E-state index in [0.29, 0.717) is 34.6 Å². The Kier molecular flexibility index (Phi) is 5.46. The normalized spacial score (nSPS) is 27.2. The second-order valence-electron chi connectivity index (χ2n) is 8.62. The number of hydrogen-bond donors (Lipinski definition) is 2. The minimum absolute atomic E-state index is 0.0622. The maximum absolute atomic E-state index is 14.9. The van der Waals surface area contributed by atoms with Gasteiger partial charge in [0.05, 0.1) is 30.3 Å². The number of carbonyl (C=O) groups excluding carboxylic acids is 1. The van der Waals surface area contributed by atoms with Crippen LogP contribution in [0.5, 0.6) is 5.75 Å². The Bertz CT molecular complexity index is 1080. The summed E-state index contributed by atoms with van der Waals surface area (Å²) in [5.74, 6) is -0.330. The summed E-state index contributed by atoms with van der Waals surface area (Å²) >= 11 is 5.88. The van der Waals surface area contributed by atoms with Crippen molar-refractivity contribution < 1.29 is 28.6 Å². The Morgan fingerprint density at radius 2 is 2.19 bits per heavy atom. The van der Waals surface area contributed by atoms with Crippen LogP contribution >= 0.6 is 11.6 Å². The minimum Gasteiger partial charge on any atom is -0.486 e. The molecule has 0 radical (unpaired) electrons. The first-order valence-corrected chi connectivity index (χ1v) is 11.0. The molecule has 2 saturated heterocycles. The molecule has 0 aliphatic carbocycles. The number of nitrogens with zero attached hydrogens (tertiary/aromatic N) is 2. The molecule has 3 aliphatic rings. The van der Waals surface area contributed by atoms with Gasteiger partial charge in [-0.3, -0.25) is 4.79 Å². The Hall–Kier alpha value is -2.78. The van der Waals surface area contributed by atoms with Crippen molar-refractivity contribution in [1.82, 2.24) is 9.88 Å². The summed E-state index contributed by atoms with van der Waals surface area (Å²) in [5, 5.41) is 2.51. The number of piperidine rings is 1. The van der Waals surface area contributed by atoms with Crippen LogP contribution in [0.3, 0.4) is 0 Å². The summed E-state index contributed by atoms with van der Waals surface area (Å²) in [6.07, 6.45) is 3.49. The van der Waals surface area contributed by atoms with E-state index < -0.39 is 18.1 Å². The van der Waals surface area contributed by atoms with Crippen molar-refractivity contribution in [3.63, 3.8) is 0 Å². The molecular formula is C22H24ClF2N5O2+2. The van der Waals surface area contributed by atoms with Crippen molar-refractivity contribution in [2.45, 2.75) is 43.6 Å². The van der Waals surface area contributed by atoms with Crippen molar-refractivity contribution in [2.75, 3.05) is 13.1 Å². The lowest BCUT2D eigenvalue weighted by molar-refractivity contribution is -0.717. The van der Waals surface area contributed by atoms with Crippen molar-refractivity contribution in [3.8, 4) is 5.75 Å². The molecule has 32 heavy (non-hydrogen) atoms. The van der Waals surface area contributed by atoms with Gasteiger partial charge in [0.1, 0.15) is 34.9 Å². The Balaban J connectivity index is 1.36. The fourth-order valence-electron chi connectivity index (χ4n) is 4.85. The van der Waals surface area contributed by atoms with Gasteiger partial charge in [-0.1, -0.05) is 11.6 Å². The molecule has 5 N–H and O–H groups in total. The van der Waals surface area contributed by atoms with Crippen molar-refractivity contribution in [1.29, 1.82) is 0 Å². The Morgan fingerprint density at radius 1 is 1.34 bits per heavy atom. The lowest BCUT2D eigenvalue weighted by Gasteiger charge is -2.31. The fraction of sp³-hybridized carbons (Fsp3) is 0.409. The van der Waals surface area contributed by atoms with Crippen LogP contribution in [0.4, 0.5) is 8.78 Å². The first kappa shape index (κ1) is 21.1. The van der Waals surface area contributed by atoms with Gasteiger partial charge < -0.3 is 20.7 Å². The summed E-state index contributed by atoms with van der Waals surface area (Å²) < 4.78 is 34.8. The molecule has 4 atom stereocenters. The number of aromatic amines is 1. The summed E-state index contributed by atoms with van der Waals surface area (Å²) in [7, 11) is 0. The molecule has 5 rings (SSSR count). The van der Waals surface area contributed by atoms with E-state index in [4.69, 9.17) is 22.1 Å².